The summed E-state index contributed by atoms with van der Waals surface area (Å²) in [6, 6.07) is 18.6. The van der Waals surface area contributed by atoms with Crippen LogP contribution in [0.4, 0.5) is 0 Å². The van der Waals surface area contributed by atoms with E-state index in [1.807, 2.05) is 60.7 Å². The summed E-state index contributed by atoms with van der Waals surface area (Å²) in [6.45, 7) is 0. The van der Waals surface area contributed by atoms with Crippen molar-refractivity contribution >= 4 is 11.8 Å². The molecule has 0 saturated carbocycles. The monoisotopic (exact) mass is 268 g/mol. The van der Waals surface area contributed by atoms with Gasteiger partial charge in [0.15, 0.2) is 0 Å². The van der Waals surface area contributed by atoms with Gasteiger partial charge in [0, 0.05) is 5.92 Å². The number of carbonyl (C=O) groups is 2. The number of primary amides is 2. The molecule has 2 amide bonds. The van der Waals surface area contributed by atoms with Crippen molar-refractivity contribution < 1.29 is 9.59 Å². The van der Waals surface area contributed by atoms with Crippen molar-refractivity contribution in [2.75, 3.05) is 0 Å². The van der Waals surface area contributed by atoms with Gasteiger partial charge in [-0.05, 0) is 11.1 Å². The van der Waals surface area contributed by atoms with Crippen LogP contribution in [-0.4, -0.2) is 11.8 Å². The van der Waals surface area contributed by atoms with E-state index in [2.05, 4.69) is 0 Å². The highest BCUT2D eigenvalue weighted by Crippen LogP contribution is 2.31. The normalized spacial score (nSPS) is 10.7. The van der Waals surface area contributed by atoms with Crippen LogP contribution < -0.4 is 11.5 Å². The SMILES string of the molecule is NC(=O)C(C(N)=O)C(c1ccccc1)c1ccccc1. The fourth-order valence-electron chi connectivity index (χ4n) is 2.37. The maximum Gasteiger partial charge on any atom is 0.230 e. The van der Waals surface area contributed by atoms with E-state index in [4.69, 9.17) is 11.5 Å². The summed E-state index contributed by atoms with van der Waals surface area (Å²) in [6.07, 6.45) is 0. The molecule has 0 aliphatic carbocycles. The van der Waals surface area contributed by atoms with Crippen molar-refractivity contribution in [1.29, 1.82) is 0 Å². The Morgan fingerprint density at radius 2 is 1.05 bits per heavy atom. The minimum absolute atomic E-state index is 0.465. The van der Waals surface area contributed by atoms with Crippen LogP contribution in [0.2, 0.25) is 0 Å². The van der Waals surface area contributed by atoms with Gasteiger partial charge in [-0.1, -0.05) is 60.7 Å². The van der Waals surface area contributed by atoms with Gasteiger partial charge in [-0.2, -0.15) is 0 Å². The van der Waals surface area contributed by atoms with Crippen LogP contribution >= 0.6 is 0 Å². The van der Waals surface area contributed by atoms with Crippen molar-refractivity contribution in [3.8, 4) is 0 Å². The molecule has 0 bridgehead atoms. The van der Waals surface area contributed by atoms with Crippen molar-refractivity contribution in [2.45, 2.75) is 5.92 Å². The number of amides is 2. The number of benzene rings is 2. The zero-order valence-corrected chi connectivity index (χ0v) is 10.9. The number of nitrogens with two attached hydrogens (primary N) is 2. The van der Waals surface area contributed by atoms with Crippen molar-refractivity contribution in [2.24, 2.45) is 17.4 Å². The lowest BCUT2D eigenvalue weighted by atomic mass is 9.80. The third kappa shape index (κ3) is 2.85. The summed E-state index contributed by atoms with van der Waals surface area (Å²) in [7, 11) is 0. The molecule has 4 heteroatoms. The van der Waals surface area contributed by atoms with Crippen molar-refractivity contribution in [3.63, 3.8) is 0 Å². The standard InChI is InChI=1S/C16H16N2O2/c17-15(19)14(16(18)20)13(11-7-3-1-4-8-11)12-9-5-2-6-10-12/h1-10,13-14H,(H2,17,19)(H2,18,20). The first kappa shape index (κ1) is 13.8. The highest BCUT2D eigenvalue weighted by Gasteiger charge is 2.33. The maximum atomic E-state index is 11.7. The molecule has 4 nitrogen and oxygen atoms in total. The van der Waals surface area contributed by atoms with Crippen molar-refractivity contribution in [1.82, 2.24) is 0 Å². The molecule has 0 aromatic heterocycles. The van der Waals surface area contributed by atoms with Gasteiger partial charge in [0.25, 0.3) is 0 Å². The van der Waals surface area contributed by atoms with Gasteiger partial charge in [-0.3, -0.25) is 9.59 Å². The number of hydrogen-bond acceptors (Lipinski definition) is 2. The number of rotatable bonds is 5. The highest BCUT2D eigenvalue weighted by atomic mass is 16.2. The lowest BCUT2D eigenvalue weighted by Gasteiger charge is -2.23. The summed E-state index contributed by atoms with van der Waals surface area (Å²) in [5.41, 5.74) is 12.4. The Kier molecular flexibility index (Phi) is 4.15. The second-order valence-electron chi connectivity index (χ2n) is 4.58. The second kappa shape index (κ2) is 6.02. The average Bonchev–Trinajstić information content (AvgIpc) is 2.45. The van der Waals surface area contributed by atoms with Crippen LogP contribution in [0.15, 0.2) is 60.7 Å². The first-order valence-corrected chi connectivity index (χ1v) is 6.29. The van der Waals surface area contributed by atoms with E-state index in [9.17, 15) is 9.59 Å². The van der Waals surface area contributed by atoms with Gasteiger partial charge in [0.1, 0.15) is 5.92 Å². The number of carbonyl (C=O) groups excluding carboxylic acids is 2. The Balaban J connectivity index is 2.55. The lowest BCUT2D eigenvalue weighted by molar-refractivity contribution is -0.132. The summed E-state index contributed by atoms with van der Waals surface area (Å²) in [5.74, 6) is -2.96. The minimum atomic E-state index is -1.07. The smallest absolute Gasteiger partial charge is 0.230 e. The quantitative estimate of drug-likeness (QED) is 0.803. The van der Waals surface area contributed by atoms with E-state index in [1.54, 1.807) is 0 Å². The summed E-state index contributed by atoms with van der Waals surface area (Å²) >= 11 is 0. The first-order chi connectivity index (χ1) is 9.61. The van der Waals surface area contributed by atoms with Gasteiger partial charge in [0.2, 0.25) is 11.8 Å². The van der Waals surface area contributed by atoms with E-state index in [-0.39, 0.29) is 0 Å². The molecule has 0 fully saturated rings. The molecule has 0 heterocycles. The van der Waals surface area contributed by atoms with E-state index >= 15 is 0 Å². The Morgan fingerprint density at radius 1 is 0.700 bits per heavy atom. The summed E-state index contributed by atoms with van der Waals surface area (Å²) in [5, 5.41) is 0. The first-order valence-electron chi connectivity index (χ1n) is 6.29. The predicted octanol–water partition coefficient (Wildman–Crippen LogP) is 1.41. The Labute approximate surface area is 117 Å². The van der Waals surface area contributed by atoms with E-state index in [0.29, 0.717) is 0 Å². The van der Waals surface area contributed by atoms with Crippen LogP contribution in [0.25, 0.3) is 0 Å². The fraction of sp³-hybridized carbons (Fsp3) is 0.125. The molecule has 0 aliphatic rings. The summed E-state index contributed by atoms with van der Waals surface area (Å²) < 4.78 is 0. The largest absolute Gasteiger partial charge is 0.369 e. The molecule has 0 aliphatic heterocycles. The maximum absolute atomic E-state index is 11.7. The van der Waals surface area contributed by atoms with Gasteiger partial charge >= 0.3 is 0 Å². The van der Waals surface area contributed by atoms with E-state index in [1.165, 1.54) is 0 Å². The van der Waals surface area contributed by atoms with Gasteiger partial charge in [-0.15, -0.1) is 0 Å². The lowest BCUT2D eigenvalue weighted by Crippen LogP contribution is -2.39. The highest BCUT2D eigenvalue weighted by molar-refractivity contribution is 6.00. The van der Waals surface area contributed by atoms with E-state index in [0.717, 1.165) is 11.1 Å². The Bertz CT molecular complexity index is 543. The third-order valence-corrected chi connectivity index (χ3v) is 3.26. The molecule has 0 unspecified atom stereocenters. The predicted molar refractivity (Wildman–Crippen MR) is 76.6 cm³/mol. The Morgan fingerprint density at radius 3 is 1.35 bits per heavy atom. The molecule has 0 spiro atoms. The molecule has 20 heavy (non-hydrogen) atoms. The van der Waals surface area contributed by atoms with Gasteiger partial charge in [0.05, 0.1) is 0 Å². The van der Waals surface area contributed by atoms with Crippen LogP contribution in [0, 0.1) is 5.92 Å². The van der Waals surface area contributed by atoms with Crippen LogP contribution in [0.1, 0.15) is 17.0 Å². The minimum Gasteiger partial charge on any atom is -0.369 e. The fourth-order valence-corrected chi connectivity index (χ4v) is 2.37. The van der Waals surface area contributed by atoms with Crippen LogP contribution in [0.3, 0.4) is 0 Å². The van der Waals surface area contributed by atoms with E-state index < -0.39 is 23.7 Å². The van der Waals surface area contributed by atoms with Crippen LogP contribution in [0.5, 0.6) is 0 Å². The average molecular weight is 268 g/mol. The molecule has 2 aromatic carbocycles. The zero-order valence-electron chi connectivity index (χ0n) is 10.9. The molecule has 102 valence electrons. The summed E-state index contributed by atoms with van der Waals surface area (Å²) in [4.78, 5) is 23.3. The number of hydrogen-bond donors (Lipinski definition) is 2. The third-order valence-electron chi connectivity index (χ3n) is 3.26. The van der Waals surface area contributed by atoms with Crippen LogP contribution in [-0.2, 0) is 9.59 Å². The molecular formula is C16H16N2O2. The molecule has 4 N–H and O–H groups in total. The Hall–Kier alpha value is -2.62. The molecular weight excluding hydrogens is 252 g/mol. The molecule has 2 aromatic rings. The van der Waals surface area contributed by atoms with Gasteiger partial charge in [-0.25, -0.2) is 0 Å². The molecule has 0 atom stereocenters. The molecule has 2 rings (SSSR count). The molecule has 0 saturated heterocycles. The zero-order chi connectivity index (χ0) is 14.5. The topological polar surface area (TPSA) is 86.2 Å². The molecule has 0 radical (unpaired) electrons. The second-order valence-corrected chi connectivity index (χ2v) is 4.58. The van der Waals surface area contributed by atoms with Gasteiger partial charge < -0.3 is 11.5 Å². The van der Waals surface area contributed by atoms with Crippen molar-refractivity contribution in [3.05, 3.63) is 71.8 Å².